The molecule has 0 unspecified atom stereocenters. The number of aryl methyl sites for hydroxylation is 2. The molecule has 0 aliphatic heterocycles. The molecule has 8 aromatic rings. The molecule has 0 N–H and O–H groups in total. The van der Waals surface area contributed by atoms with Crippen molar-refractivity contribution >= 4 is 44.9 Å². The monoisotopic (exact) mass is 722 g/mol. The highest BCUT2D eigenvalue weighted by Crippen LogP contribution is 2.63. The fourth-order valence-corrected chi connectivity index (χ4v) is 9.77. The molecule has 0 bridgehead atoms. The van der Waals surface area contributed by atoms with Gasteiger partial charge in [0.2, 0.25) is 0 Å². The van der Waals surface area contributed by atoms with E-state index in [-0.39, 0.29) is 10.8 Å². The summed E-state index contributed by atoms with van der Waals surface area (Å²) in [6.07, 6.45) is 0. The number of hydrogen-bond acceptors (Lipinski definition) is 2. The average Bonchev–Trinajstić information content (AvgIpc) is 3.59. The normalized spacial score (nSPS) is 14.2. The molecule has 272 valence electrons. The van der Waals surface area contributed by atoms with E-state index in [9.17, 15) is 0 Å². The van der Waals surface area contributed by atoms with E-state index in [1.807, 2.05) is 0 Å². The first-order valence-electron chi connectivity index (χ1n) is 19.9. The van der Waals surface area contributed by atoms with Crippen LogP contribution in [0.1, 0.15) is 61.1 Å². The van der Waals surface area contributed by atoms with E-state index < -0.39 is 0 Å². The fraction of sp³-hybridized carbons (Fsp3) is 0.148. The van der Waals surface area contributed by atoms with Crippen molar-refractivity contribution in [1.29, 1.82) is 0 Å². The molecule has 2 heteroatoms. The minimum absolute atomic E-state index is 0.245. The van der Waals surface area contributed by atoms with Crippen molar-refractivity contribution in [3.63, 3.8) is 0 Å². The summed E-state index contributed by atoms with van der Waals surface area (Å²) in [6, 6.07) is 62.8. The van der Waals surface area contributed by atoms with Crippen molar-refractivity contribution in [2.45, 2.75) is 52.4 Å². The van der Waals surface area contributed by atoms with Gasteiger partial charge in [0, 0.05) is 45.0 Å². The first-order valence-corrected chi connectivity index (χ1v) is 19.9. The third-order valence-corrected chi connectivity index (χ3v) is 12.5. The number of hydrogen-bond donors (Lipinski definition) is 0. The lowest BCUT2D eigenvalue weighted by molar-refractivity contribution is 0.602. The zero-order chi connectivity index (χ0) is 38.3. The van der Waals surface area contributed by atoms with Crippen LogP contribution in [0.2, 0.25) is 0 Å². The van der Waals surface area contributed by atoms with Crippen LogP contribution < -0.4 is 9.80 Å². The maximum atomic E-state index is 2.47. The molecule has 0 spiro atoms. The van der Waals surface area contributed by atoms with Gasteiger partial charge in [-0.2, -0.15) is 0 Å². The van der Waals surface area contributed by atoms with Gasteiger partial charge in [0.1, 0.15) is 0 Å². The minimum Gasteiger partial charge on any atom is -0.310 e. The quantitative estimate of drug-likeness (QED) is 0.169. The van der Waals surface area contributed by atoms with Crippen molar-refractivity contribution in [3.8, 4) is 22.3 Å². The molecule has 0 fully saturated rings. The molecule has 0 saturated heterocycles. The molecule has 0 aromatic heterocycles. The molecule has 8 aromatic carbocycles. The van der Waals surface area contributed by atoms with Crippen LogP contribution in [0.4, 0.5) is 34.1 Å². The van der Waals surface area contributed by atoms with E-state index in [1.165, 1.54) is 77.8 Å². The van der Waals surface area contributed by atoms with Gasteiger partial charge in [-0.05, 0) is 142 Å². The number of rotatable bonds is 6. The Morgan fingerprint density at radius 1 is 0.339 bits per heavy atom. The Kier molecular flexibility index (Phi) is 7.67. The van der Waals surface area contributed by atoms with E-state index in [4.69, 9.17) is 0 Å². The lowest BCUT2D eigenvalue weighted by Crippen LogP contribution is -2.24. The molecular formula is C54H46N2. The van der Waals surface area contributed by atoms with Crippen molar-refractivity contribution in [2.24, 2.45) is 0 Å². The standard InChI is InChI=1S/C54H46N2/c1-35-21-25-39(26-22-35)55(37-15-9-7-10-16-37)41-29-31-45-47(33-41)53(3,4)51-49(45)43-19-13-14-20-44(43)50-46-32-30-42(34-48(46)54(5,6)52(50)51)56(38-17-11-8-12-18-38)40-27-23-36(2)24-28-40/h7-34H,1-6H3. The Labute approximate surface area is 331 Å². The molecule has 0 saturated carbocycles. The second-order valence-electron chi connectivity index (χ2n) is 16.8. The summed E-state index contributed by atoms with van der Waals surface area (Å²) in [6.45, 7) is 14.1. The van der Waals surface area contributed by atoms with Gasteiger partial charge in [-0.15, -0.1) is 0 Å². The smallest absolute Gasteiger partial charge is 0.0465 e. The molecule has 0 amide bonds. The van der Waals surface area contributed by atoms with Gasteiger partial charge in [0.05, 0.1) is 0 Å². The molecule has 2 nitrogen and oxygen atoms in total. The zero-order valence-electron chi connectivity index (χ0n) is 33.1. The second-order valence-corrected chi connectivity index (χ2v) is 16.8. The second kappa shape index (κ2) is 12.6. The summed E-state index contributed by atoms with van der Waals surface area (Å²) in [5.41, 5.74) is 20.1. The SMILES string of the molecule is Cc1ccc(N(c2ccccc2)c2ccc3c(c2)C(C)(C)c2c4c(c5ccccc5c2-3)-c2ccc(N(c3ccccc3)c3ccc(C)cc3)cc2C4(C)C)cc1. The van der Waals surface area contributed by atoms with E-state index in [0.717, 1.165) is 22.7 Å². The van der Waals surface area contributed by atoms with E-state index >= 15 is 0 Å². The Hall–Kier alpha value is -6.38. The van der Waals surface area contributed by atoms with Crippen molar-refractivity contribution in [1.82, 2.24) is 0 Å². The first kappa shape index (κ1) is 34.1. The highest BCUT2D eigenvalue weighted by molar-refractivity contribution is 6.13. The molecule has 0 atom stereocenters. The van der Waals surface area contributed by atoms with Crippen LogP contribution >= 0.6 is 0 Å². The third-order valence-electron chi connectivity index (χ3n) is 12.5. The first-order chi connectivity index (χ1) is 27.1. The van der Waals surface area contributed by atoms with E-state index in [2.05, 4.69) is 221 Å². The van der Waals surface area contributed by atoms with Crippen LogP contribution in [0.15, 0.2) is 170 Å². The number of benzene rings is 8. The molecule has 0 heterocycles. The predicted octanol–water partition coefficient (Wildman–Crippen LogP) is 15.0. The molecule has 10 rings (SSSR count). The summed E-state index contributed by atoms with van der Waals surface area (Å²) >= 11 is 0. The molecule has 2 aliphatic carbocycles. The number of nitrogens with zero attached hydrogens (tertiary/aromatic N) is 2. The van der Waals surface area contributed by atoms with Crippen molar-refractivity contribution in [3.05, 3.63) is 203 Å². The largest absolute Gasteiger partial charge is 0.310 e. The third kappa shape index (κ3) is 5.09. The summed E-state index contributed by atoms with van der Waals surface area (Å²) < 4.78 is 0. The van der Waals surface area contributed by atoms with Gasteiger partial charge in [0.25, 0.3) is 0 Å². The zero-order valence-corrected chi connectivity index (χ0v) is 33.1. The molecule has 56 heavy (non-hydrogen) atoms. The minimum atomic E-state index is -0.245. The van der Waals surface area contributed by atoms with Gasteiger partial charge in [-0.25, -0.2) is 0 Å². The Bertz CT molecular complexity index is 2600. The van der Waals surface area contributed by atoms with Crippen molar-refractivity contribution in [2.75, 3.05) is 9.80 Å². The fourth-order valence-electron chi connectivity index (χ4n) is 9.77. The van der Waals surface area contributed by atoms with Gasteiger partial charge in [-0.1, -0.05) is 136 Å². The van der Waals surface area contributed by atoms with Crippen LogP contribution in [-0.2, 0) is 10.8 Å². The highest BCUT2D eigenvalue weighted by atomic mass is 15.1. The van der Waals surface area contributed by atoms with Gasteiger partial charge in [0.15, 0.2) is 0 Å². The summed E-state index contributed by atoms with van der Waals surface area (Å²) in [5, 5.41) is 2.66. The van der Waals surface area contributed by atoms with Gasteiger partial charge >= 0.3 is 0 Å². The van der Waals surface area contributed by atoms with Crippen LogP contribution in [0.25, 0.3) is 33.0 Å². The summed E-state index contributed by atoms with van der Waals surface area (Å²) in [4.78, 5) is 4.80. The Balaban J connectivity index is 1.17. The van der Waals surface area contributed by atoms with Gasteiger partial charge in [-0.3, -0.25) is 0 Å². The van der Waals surface area contributed by atoms with E-state index in [1.54, 1.807) is 0 Å². The molecule has 2 aliphatic rings. The predicted molar refractivity (Wildman–Crippen MR) is 238 cm³/mol. The maximum absolute atomic E-state index is 2.47. The lowest BCUT2D eigenvalue weighted by Gasteiger charge is -2.32. The Morgan fingerprint density at radius 2 is 0.661 bits per heavy atom. The van der Waals surface area contributed by atoms with Crippen LogP contribution in [0.5, 0.6) is 0 Å². The number of para-hydroxylation sites is 2. The summed E-state index contributed by atoms with van der Waals surface area (Å²) in [5.74, 6) is 0. The topological polar surface area (TPSA) is 6.48 Å². The molecule has 0 radical (unpaired) electrons. The van der Waals surface area contributed by atoms with Crippen LogP contribution in [0, 0.1) is 13.8 Å². The summed E-state index contributed by atoms with van der Waals surface area (Å²) in [7, 11) is 0. The molecular weight excluding hydrogens is 677 g/mol. The number of fused-ring (bicyclic) bond motifs is 10. The van der Waals surface area contributed by atoms with Crippen LogP contribution in [-0.4, -0.2) is 0 Å². The maximum Gasteiger partial charge on any atom is 0.0465 e. The van der Waals surface area contributed by atoms with E-state index in [0.29, 0.717) is 0 Å². The van der Waals surface area contributed by atoms with Gasteiger partial charge < -0.3 is 9.80 Å². The average molecular weight is 723 g/mol. The highest BCUT2D eigenvalue weighted by Gasteiger charge is 2.47. The van der Waals surface area contributed by atoms with Crippen molar-refractivity contribution < 1.29 is 0 Å². The number of anilines is 6. The van der Waals surface area contributed by atoms with Crippen LogP contribution in [0.3, 0.4) is 0 Å². The Morgan fingerprint density at radius 3 is 1.04 bits per heavy atom. The lowest BCUT2D eigenvalue weighted by atomic mass is 9.71.